The van der Waals surface area contributed by atoms with E-state index in [4.69, 9.17) is 4.42 Å². The number of benzene rings is 2. The zero-order valence-corrected chi connectivity index (χ0v) is 17.3. The molecule has 7 heteroatoms. The average molecular weight is 415 g/mol. The smallest absolute Gasteiger partial charge is 0.247 e. The molecule has 1 saturated heterocycles. The van der Waals surface area contributed by atoms with Crippen molar-refractivity contribution in [1.29, 1.82) is 0 Å². The largest absolute Gasteiger partial charge is 0.420 e. The van der Waals surface area contributed by atoms with Gasteiger partial charge in [-0.05, 0) is 61.9 Å². The summed E-state index contributed by atoms with van der Waals surface area (Å²) in [6, 6.07) is 12.6. The van der Waals surface area contributed by atoms with Crippen LogP contribution in [-0.2, 0) is 0 Å². The number of aryl methyl sites for hydroxylation is 1. The van der Waals surface area contributed by atoms with Crippen LogP contribution in [0.1, 0.15) is 36.6 Å². The van der Waals surface area contributed by atoms with E-state index in [2.05, 4.69) is 50.2 Å². The molecule has 6 nitrogen and oxygen atoms in total. The molecular weight excluding hydrogens is 393 g/mol. The molecule has 6 rings (SSSR count). The summed E-state index contributed by atoms with van der Waals surface area (Å²) in [5, 5.41) is 9.56. The Morgan fingerprint density at radius 3 is 2.77 bits per heavy atom. The summed E-state index contributed by atoms with van der Waals surface area (Å²) < 4.78 is 19.4. The molecule has 1 unspecified atom stereocenters. The van der Waals surface area contributed by atoms with Crippen molar-refractivity contribution in [2.45, 2.75) is 32.1 Å². The Labute approximate surface area is 179 Å². The number of hydrogen-bond acceptors (Lipinski definition) is 6. The number of fused-ring (bicyclic) bond motifs is 1. The van der Waals surface area contributed by atoms with Crippen LogP contribution >= 0.6 is 0 Å². The Morgan fingerprint density at radius 2 is 1.94 bits per heavy atom. The van der Waals surface area contributed by atoms with E-state index in [9.17, 15) is 4.39 Å². The van der Waals surface area contributed by atoms with Crippen LogP contribution in [0.4, 0.5) is 10.2 Å². The SMILES string of the molecule is Cc1ccc2ncnc(N3CCC4(CC3)CC4c3nnc(-c4cccc(F)c4)o3)c2c1. The second-order valence-corrected chi connectivity index (χ2v) is 8.78. The van der Waals surface area contributed by atoms with E-state index in [0.717, 1.165) is 49.1 Å². The zero-order chi connectivity index (χ0) is 21.0. The summed E-state index contributed by atoms with van der Waals surface area (Å²) in [6.45, 7) is 3.99. The van der Waals surface area contributed by atoms with E-state index < -0.39 is 0 Å². The third-order valence-electron chi connectivity index (χ3n) is 6.83. The van der Waals surface area contributed by atoms with Gasteiger partial charge in [0.1, 0.15) is 18.0 Å². The van der Waals surface area contributed by atoms with Crippen LogP contribution in [0.25, 0.3) is 22.4 Å². The van der Waals surface area contributed by atoms with Gasteiger partial charge >= 0.3 is 0 Å². The number of aromatic nitrogens is 4. The van der Waals surface area contributed by atoms with E-state index >= 15 is 0 Å². The predicted molar refractivity (Wildman–Crippen MR) is 115 cm³/mol. The third-order valence-corrected chi connectivity index (χ3v) is 6.83. The first-order valence-corrected chi connectivity index (χ1v) is 10.7. The van der Waals surface area contributed by atoms with Crippen molar-refractivity contribution in [2.75, 3.05) is 18.0 Å². The molecule has 2 aliphatic rings. The first kappa shape index (κ1) is 18.4. The van der Waals surface area contributed by atoms with Crippen molar-refractivity contribution in [3.8, 4) is 11.5 Å². The Balaban J connectivity index is 1.19. The van der Waals surface area contributed by atoms with E-state index in [-0.39, 0.29) is 17.2 Å². The van der Waals surface area contributed by atoms with Crippen LogP contribution in [0.3, 0.4) is 0 Å². The van der Waals surface area contributed by atoms with Crippen LogP contribution in [-0.4, -0.2) is 33.3 Å². The Hall–Kier alpha value is -3.35. The van der Waals surface area contributed by atoms with Crippen molar-refractivity contribution in [3.05, 3.63) is 66.1 Å². The molecule has 2 aromatic carbocycles. The highest BCUT2D eigenvalue weighted by molar-refractivity contribution is 5.89. The van der Waals surface area contributed by atoms with Gasteiger partial charge in [-0.1, -0.05) is 17.7 Å². The van der Waals surface area contributed by atoms with Gasteiger partial charge in [0.25, 0.3) is 0 Å². The molecule has 1 aliphatic heterocycles. The van der Waals surface area contributed by atoms with Crippen molar-refractivity contribution < 1.29 is 8.81 Å². The highest BCUT2D eigenvalue weighted by atomic mass is 19.1. The Bertz CT molecular complexity index is 1280. The highest BCUT2D eigenvalue weighted by Gasteiger charge is 2.58. The summed E-state index contributed by atoms with van der Waals surface area (Å²) in [6.07, 6.45) is 4.85. The Morgan fingerprint density at radius 1 is 1.06 bits per heavy atom. The molecule has 1 spiro atoms. The lowest BCUT2D eigenvalue weighted by atomic mass is 9.90. The number of piperidine rings is 1. The average Bonchev–Trinajstić information content (AvgIpc) is 3.25. The molecule has 2 fully saturated rings. The maximum atomic E-state index is 13.5. The summed E-state index contributed by atoms with van der Waals surface area (Å²) in [4.78, 5) is 11.4. The number of anilines is 1. The lowest BCUT2D eigenvalue weighted by molar-refractivity contribution is 0.352. The molecule has 0 radical (unpaired) electrons. The topological polar surface area (TPSA) is 67.9 Å². The molecular formula is C24H22FN5O. The molecule has 2 aromatic heterocycles. The Kier molecular flexibility index (Phi) is 4.06. The van der Waals surface area contributed by atoms with Gasteiger partial charge < -0.3 is 9.32 Å². The fraction of sp³-hybridized carbons (Fsp3) is 0.333. The summed E-state index contributed by atoms with van der Waals surface area (Å²) in [7, 11) is 0. The van der Waals surface area contributed by atoms with E-state index in [0.29, 0.717) is 17.3 Å². The maximum absolute atomic E-state index is 13.5. The number of rotatable bonds is 3. The molecule has 3 heterocycles. The van der Waals surface area contributed by atoms with Gasteiger partial charge in [-0.3, -0.25) is 0 Å². The minimum atomic E-state index is -0.306. The lowest BCUT2D eigenvalue weighted by Crippen LogP contribution is -2.35. The molecule has 1 atom stereocenters. The molecule has 1 saturated carbocycles. The molecule has 1 aliphatic carbocycles. The standard InChI is InChI=1S/C24H22FN5O/c1-15-5-6-20-18(11-15)21(27-14-26-20)30-9-7-24(8-10-30)13-19(24)23-29-28-22(31-23)16-3-2-4-17(25)12-16/h2-6,11-12,14,19H,7-10,13H2,1H3. The quantitative estimate of drug-likeness (QED) is 0.474. The first-order valence-electron chi connectivity index (χ1n) is 10.7. The maximum Gasteiger partial charge on any atom is 0.247 e. The molecule has 156 valence electrons. The minimum Gasteiger partial charge on any atom is -0.420 e. The summed E-state index contributed by atoms with van der Waals surface area (Å²) >= 11 is 0. The number of nitrogens with zero attached hydrogens (tertiary/aromatic N) is 5. The van der Waals surface area contributed by atoms with Gasteiger partial charge in [-0.15, -0.1) is 10.2 Å². The zero-order valence-electron chi connectivity index (χ0n) is 17.3. The van der Waals surface area contributed by atoms with Crippen molar-refractivity contribution in [3.63, 3.8) is 0 Å². The lowest BCUT2D eigenvalue weighted by Gasteiger charge is -2.34. The van der Waals surface area contributed by atoms with E-state index in [1.165, 1.54) is 17.7 Å². The summed E-state index contributed by atoms with van der Waals surface area (Å²) in [5.41, 5.74) is 3.04. The van der Waals surface area contributed by atoms with Crippen molar-refractivity contribution in [1.82, 2.24) is 20.2 Å². The predicted octanol–water partition coefficient (Wildman–Crippen LogP) is 4.90. The van der Waals surface area contributed by atoms with Gasteiger partial charge in [-0.25, -0.2) is 14.4 Å². The van der Waals surface area contributed by atoms with E-state index in [1.807, 2.05) is 0 Å². The fourth-order valence-corrected chi connectivity index (χ4v) is 4.94. The van der Waals surface area contributed by atoms with Crippen LogP contribution in [0, 0.1) is 18.2 Å². The molecule has 0 bridgehead atoms. The fourth-order valence-electron chi connectivity index (χ4n) is 4.94. The van der Waals surface area contributed by atoms with Gasteiger partial charge in [0.15, 0.2) is 0 Å². The third kappa shape index (κ3) is 3.15. The van der Waals surface area contributed by atoms with Crippen LogP contribution in [0.5, 0.6) is 0 Å². The number of halogens is 1. The van der Waals surface area contributed by atoms with Crippen LogP contribution in [0.2, 0.25) is 0 Å². The molecule has 0 N–H and O–H groups in total. The van der Waals surface area contributed by atoms with Gasteiger partial charge in [0, 0.05) is 30.0 Å². The molecule has 0 amide bonds. The van der Waals surface area contributed by atoms with Crippen molar-refractivity contribution >= 4 is 16.7 Å². The van der Waals surface area contributed by atoms with E-state index in [1.54, 1.807) is 18.5 Å². The number of hydrogen-bond donors (Lipinski definition) is 0. The minimum absolute atomic E-state index is 0.223. The van der Waals surface area contributed by atoms with Gasteiger partial charge in [-0.2, -0.15) is 0 Å². The second kappa shape index (κ2) is 6.83. The van der Waals surface area contributed by atoms with Gasteiger partial charge in [0.2, 0.25) is 11.8 Å². The molecule has 4 aromatic rings. The van der Waals surface area contributed by atoms with Crippen LogP contribution in [0.15, 0.2) is 53.2 Å². The first-order chi connectivity index (χ1) is 15.1. The second-order valence-electron chi connectivity index (χ2n) is 8.78. The monoisotopic (exact) mass is 415 g/mol. The normalized spacial score (nSPS) is 19.8. The highest BCUT2D eigenvalue weighted by Crippen LogP contribution is 2.64. The summed E-state index contributed by atoms with van der Waals surface area (Å²) in [5.74, 6) is 2.06. The van der Waals surface area contributed by atoms with Crippen molar-refractivity contribution in [2.24, 2.45) is 5.41 Å². The van der Waals surface area contributed by atoms with Crippen LogP contribution < -0.4 is 4.90 Å². The molecule has 31 heavy (non-hydrogen) atoms. The van der Waals surface area contributed by atoms with Gasteiger partial charge in [0.05, 0.1) is 5.52 Å².